The van der Waals surface area contributed by atoms with Crippen LogP contribution in [0.5, 0.6) is 0 Å². The van der Waals surface area contributed by atoms with Gasteiger partial charge in [-0.05, 0) is 55.1 Å². The Morgan fingerprint density at radius 2 is 1.83 bits per heavy atom. The number of halogens is 1. The standard InChI is InChI=1S/C20H26N2O.ClH/c1-21-15-17-10-12-22(13-11-17)20(23)9-7-16-6-8-18-4-2-3-5-19(18)14-16;/h2-6,8,14,17,21H,7,9-13,15H2,1H3;1H. The van der Waals surface area contributed by atoms with Crippen LogP contribution in [0, 0.1) is 5.92 Å². The highest BCUT2D eigenvalue weighted by Crippen LogP contribution is 2.19. The molecule has 0 saturated carbocycles. The largest absolute Gasteiger partial charge is 0.343 e. The maximum Gasteiger partial charge on any atom is 0.222 e. The van der Waals surface area contributed by atoms with Gasteiger partial charge < -0.3 is 10.2 Å². The van der Waals surface area contributed by atoms with Gasteiger partial charge in [0.15, 0.2) is 0 Å². The van der Waals surface area contributed by atoms with Crippen LogP contribution in [0.2, 0.25) is 0 Å². The third kappa shape index (κ3) is 4.71. The van der Waals surface area contributed by atoms with Gasteiger partial charge in [-0.1, -0.05) is 42.5 Å². The fraction of sp³-hybridized carbons (Fsp3) is 0.450. The number of nitrogens with one attached hydrogen (secondary N) is 1. The van der Waals surface area contributed by atoms with Crippen molar-refractivity contribution in [1.82, 2.24) is 10.2 Å². The molecular formula is C20H27ClN2O. The van der Waals surface area contributed by atoms with Crippen LogP contribution >= 0.6 is 12.4 Å². The first kappa shape index (κ1) is 18.8. The van der Waals surface area contributed by atoms with Crippen molar-refractivity contribution in [3.8, 4) is 0 Å². The summed E-state index contributed by atoms with van der Waals surface area (Å²) in [5, 5.41) is 5.75. The zero-order chi connectivity index (χ0) is 16.1. The molecule has 0 aliphatic carbocycles. The van der Waals surface area contributed by atoms with Crippen LogP contribution in [0.1, 0.15) is 24.8 Å². The predicted octanol–water partition coefficient (Wildman–Crippen LogP) is 3.65. The Morgan fingerprint density at radius 3 is 2.54 bits per heavy atom. The number of likely N-dealkylation sites (tertiary alicyclic amines) is 1. The van der Waals surface area contributed by atoms with E-state index in [4.69, 9.17) is 0 Å². The molecule has 0 unspecified atom stereocenters. The second-order valence-corrected chi connectivity index (χ2v) is 6.56. The molecule has 1 amide bonds. The lowest BCUT2D eigenvalue weighted by Crippen LogP contribution is -2.40. The number of carbonyl (C=O) groups excluding carboxylic acids is 1. The summed E-state index contributed by atoms with van der Waals surface area (Å²) in [4.78, 5) is 14.5. The van der Waals surface area contributed by atoms with Gasteiger partial charge >= 0.3 is 0 Å². The van der Waals surface area contributed by atoms with Gasteiger partial charge in [0.05, 0.1) is 0 Å². The van der Waals surface area contributed by atoms with Gasteiger partial charge in [0.1, 0.15) is 0 Å². The van der Waals surface area contributed by atoms with Crippen molar-refractivity contribution in [3.05, 3.63) is 48.0 Å². The number of hydrogen-bond acceptors (Lipinski definition) is 2. The lowest BCUT2D eigenvalue weighted by Gasteiger charge is -2.32. The molecule has 3 nitrogen and oxygen atoms in total. The third-order valence-corrected chi connectivity index (χ3v) is 4.90. The summed E-state index contributed by atoms with van der Waals surface area (Å²) in [5.74, 6) is 1.03. The van der Waals surface area contributed by atoms with E-state index in [1.165, 1.54) is 16.3 Å². The Bertz CT molecular complexity index is 665. The maximum absolute atomic E-state index is 12.4. The van der Waals surface area contributed by atoms with Crippen molar-refractivity contribution in [1.29, 1.82) is 0 Å². The van der Waals surface area contributed by atoms with Crippen molar-refractivity contribution in [2.24, 2.45) is 5.92 Å². The van der Waals surface area contributed by atoms with E-state index in [0.717, 1.165) is 44.8 Å². The highest BCUT2D eigenvalue weighted by molar-refractivity contribution is 5.85. The molecule has 1 fully saturated rings. The molecule has 0 atom stereocenters. The zero-order valence-electron chi connectivity index (χ0n) is 14.3. The number of aryl methyl sites for hydroxylation is 1. The van der Waals surface area contributed by atoms with Crippen LogP contribution in [-0.4, -0.2) is 37.5 Å². The van der Waals surface area contributed by atoms with Gasteiger partial charge in [-0.3, -0.25) is 4.79 Å². The Labute approximate surface area is 150 Å². The Kier molecular flexibility index (Phi) is 7.07. The molecule has 0 aromatic heterocycles. The van der Waals surface area contributed by atoms with Gasteiger partial charge in [0.25, 0.3) is 0 Å². The zero-order valence-corrected chi connectivity index (χ0v) is 15.1. The predicted molar refractivity (Wildman–Crippen MR) is 103 cm³/mol. The number of benzene rings is 2. The Morgan fingerprint density at radius 1 is 1.12 bits per heavy atom. The van der Waals surface area contributed by atoms with Crippen LogP contribution in [0.4, 0.5) is 0 Å². The van der Waals surface area contributed by atoms with Crippen LogP contribution in [0.3, 0.4) is 0 Å². The average Bonchev–Trinajstić information content (AvgIpc) is 2.60. The maximum atomic E-state index is 12.4. The lowest BCUT2D eigenvalue weighted by atomic mass is 9.96. The molecule has 3 rings (SSSR count). The van der Waals surface area contributed by atoms with Crippen LogP contribution in [-0.2, 0) is 11.2 Å². The summed E-state index contributed by atoms with van der Waals surface area (Å²) in [6.45, 7) is 2.91. The van der Waals surface area contributed by atoms with Crippen molar-refractivity contribution in [3.63, 3.8) is 0 Å². The summed E-state index contributed by atoms with van der Waals surface area (Å²) in [5.41, 5.74) is 1.25. The van der Waals surface area contributed by atoms with Crippen LogP contribution in [0.25, 0.3) is 10.8 Å². The van der Waals surface area contributed by atoms with E-state index in [9.17, 15) is 4.79 Å². The molecule has 130 valence electrons. The van der Waals surface area contributed by atoms with E-state index in [1.807, 2.05) is 11.9 Å². The molecular weight excluding hydrogens is 320 g/mol. The first-order valence-corrected chi connectivity index (χ1v) is 8.66. The Hall–Kier alpha value is -1.58. The van der Waals surface area contributed by atoms with Crippen LogP contribution in [0.15, 0.2) is 42.5 Å². The minimum atomic E-state index is 0. The molecule has 1 saturated heterocycles. The van der Waals surface area contributed by atoms with Crippen molar-refractivity contribution >= 4 is 29.1 Å². The lowest BCUT2D eigenvalue weighted by molar-refractivity contribution is -0.132. The van der Waals surface area contributed by atoms with Gasteiger partial charge in [0, 0.05) is 19.5 Å². The average molecular weight is 347 g/mol. The number of carbonyl (C=O) groups is 1. The third-order valence-electron chi connectivity index (χ3n) is 4.90. The van der Waals surface area contributed by atoms with Gasteiger partial charge in [-0.25, -0.2) is 0 Å². The molecule has 1 heterocycles. The number of piperidine rings is 1. The monoisotopic (exact) mass is 346 g/mol. The summed E-state index contributed by atoms with van der Waals surface area (Å²) in [6, 6.07) is 14.9. The number of fused-ring (bicyclic) bond motifs is 1. The van der Waals surface area contributed by atoms with Crippen LogP contribution < -0.4 is 5.32 Å². The van der Waals surface area contributed by atoms with E-state index in [1.54, 1.807) is 0 Å². The Balaban J connectivity index is 0.00000208. The SMILES string of the molecule is CNCC1CCN(C(=O)CCc2ccc3ccccc3c2)CC1.Cl. The molecule has 0 radical (unpaired) electrons. The normalized spacial score (nSPS) is 15.3. The topological polar surface area (TPSA) is 32.3 Å². The molecule has 1 aliphatic heterocycles. The van der Waals surface area contributed by atoms with E-state index < -0.39 is 0 Å². The number of nitrogens with zero attached hydrogens (tertiary/aromatic N) is 1. The van der Waals surface area contributed by atoms with Crippen molar-refractivity contribution in [2.75, 3.05) is 26.7 Å². The van der Waals surface area contributed by atoms with Crippen molar-refractivity contribution in [2.45, 2.75) is 25.7 Å². The highest BCUT2D eigenvalue weighted by atomic mass is 35.5. The van der Waals surface area contributed by atoms with E-state index in [-0.39, 0.29) is 12.4 Å². The summed E-state index contributed by atoms with van der Waals surface area (Å²) >= 11 is 0. The van der Waals surface area contributed by atoms with E-state index in [2.05, 4.69) is 47.8 Å². The van der Waals surface area contributed by atoms with Gasteiger partial charge in [-0.15, -0.1) is 12.4 Å². The van der Waals surface area contributed by atoms with Crippen molar-refractivity contribution < 1.29 is 4.79 Å². The molecule has 1 aliphatic rings. The highest BCUT2D eigenvalue weighted by Gasteiger charge is 2.21. The van der Waals surface area contributed by atoms with Gasteiger partial charge in [-0.2, -0.15) is 0 Å². The molecule has 1 N–H and O–H groups in total. The quantitative estimate of drug-likeness (QED) is 0.896. The summed E-state index contributed by atoms with van der Waals surface area (Å²) in [7, 11) is 2.00. The second-order valence-electron chi connectivity index (χ2n) is 6.56. The smallest absolute Gasteiger partial charge is 0.222 e. The molecule has 2 aromatic rings. The first-order chi connectivity index (χ1) is 11.3. The minimum absolute atomic E-state index is 0. The fourth-order valence-electron chi connectivity index (χ4n) is 3.48. The first-order valence-electron chi connectivity index (χ1n) is 8.66. The molecule has 2 aromatic carbocycles. The summed E-state index contributed by atoms with van der Waals surface area (Å²) < 4.78 is 0. The second kappa shape index (κ2) is 9.05. The van der Waals surface area contributed by atoms with E-state index in [0.29, 0.717) is 12.3 Å². The minimum Gasteiger partial charge on any atom is -0.343 e. The number of rotatable bonds is 5. The number of amides is 1. The molecule has 0 bridgehead atoms. The summed E-state index contributed by atoms with van der Waals surface area (Å²) in [6.07, 6.45) is 3.71. The van der Waals surface area contributed by atoms with E-state index >= 15 is 0 Å². The fourth-order valence-corrected chi connectivity index (χ4v) is 3.48. The van der Waals surface area contributed by atoms with Gasteiger partial charge in [0.2, 0.25) is 5.91 Å². The molecule has 24 heavy (non-hydrogen) atoms. The molecule has 4 heteroatoms. The molecule has 0 spiro atoms. The number of hydrogen-bond donors (Lipinski definition) is 1.